The maximum Gasteiger partial charge on any atom is 0.162 e. The quantitative estimate of drug-likeness (QED) is 0.805. The Hall–Kier alpha value is -0.780. The first-order valence-corrected chi connectivity index (χ1v) is 7.20. The minimum atomic E-state index is -0.847. The molecule has 0 saturated heterocycles. The molecule has 0 aromatic heterocycles. The van der Waals surface area contributed by atoms with Crippen molar-refractivity contribution in [1.29, 1.82) is 0 Å². The van der Waals surface area contributed by atoms with E-state index in [1.807, 2.05) is 18.2 Å². The van der Waals surface area contributed by atoms with Gasteiger partial charge in [-0.1, -0.05) is 44.0 Å². The van der Waals surface area contributed by atoms with Crippen molar-refractivity contribution in [3.05, 3.63) is 68.1 Å². The van der Waals surface area contributed by atoms with E-state index in [1.165, 1.54) is 6.07 Å². The summed E-state index contributed by atoms with van der Waals surface area (Å²) in [5, 5.41) is 0. The van der Waals surface area contributed by atoms with Crippen LogP contribution in [-0.2, 0) is 6.42 Å². The van der Waals surface area contributed by atoms with Crippen molar-refractivity contribution in [1.82, 2.24) is 0 Å². The molecule has 19 heavy (non-hydrogen) atoms. The van der Waals surface area contributed by atoms with E-state index < -0.39 is 17.7 Å². The molecule has 2 aromatic carbocycles. The van der Waals surface area contributed by atoms with E-state index in [4.69, 9.17) is 5.73 Å². The minimum absolute atomic E-state index is 0.243. The maximum atomic E-state index is 13.6. The zero-order valence-electron chi connectivity index (χ0n) is 9.84. The first kappa shape index (κ1) is 14.6. The first-order valence-electron chi connectivity index (χ1n) is 5.62. The Bertz CT molecular complexity index is 582. The van der Waals surface area contributed by atoms with Gasteiger partial charge in [0.05, 0.1) is 0 Å². The highest BCUT2D eigenvalue weighted by Crippen LogP contribution is 2.26. The standard InChI is InChI=1S/C14H11Br2F2N/c15-10-4-9(5-11(16)7-10)13(19)6-8-2-1-3-12(17)14(8)18/h1-5,7,13H,6,19H2. The van der Waals surface area contributed by atoms with Gasteiger partial charge in [0.1, 0.15) is 0 Å². The Balaban J connectivity index is 2.25. The Morgan fingerprint density at radius 1 is 1.05 bits per heavy atom. The van der Waals surface area contributed by atoms with Crippen molar-refractivity contribution in [3.8, 4) is 0 Å². The van der Waals surface area contributed by atoms with Crippen LogP contribution in [-0.4, -0.2) is 0 Å². The van der Waals surface area contributed by atoms with Crippen LogP contribution in [0.2, 0.25) is 0 Å². The highest BCUT2D eigenvalue weighted by atomic mass is 79.9. The van der Waals surface area contributed by atoms with Gasteiger partial charge in [-0.25, -0.2) is 8.78 Å². The second-order valence-electron chi connectivity index (χ2n) is 4.23. The summed E-state index contributed by atoms with van der Waals surface area (Å²) in [5.74, 6) is -1.67. The van der Waals surface area contributed by atoms with E-state index in [2.05, 4.69) is 31.9 Å². The number of halogens is 4. The van der Waals surface area contributed by atoms with Crippen molar-refractivity contribution >= 4 is 31.9 Å². The van der Waals surface area contributed by atoms with E-state index in [-0.39, 0.29) is 12.0 Å². The molecule has 0 amide bonds. The summed E-state index contributed by atoms with van der Waals surface area (Å²) in [6, 6.07) is 9.35. The minimum Gasteiger partial charge on any atom is -0.324 e. The van der Waals surface area contributed by atoms with Gasteiger partial charge in [0.15, 0.2) is 11.6 Å². The molecule has 2 N–H and O–H groups in total. The lowest BCUT2D eigenvalue weighted by Crippen LogP contribution is -2.14. The molecule has 0 saturated carbocycles. The molecule has 1 atom stereocenters. The Labute approximate surface area is 127 Å². The van der Waals surface area contributed by atoms with Gasteiger partial charge in [-0.3, -0.25) is 0 Å². The average molecular weight is 391 g/mol. The van der Waals surface area contributed by atoms with Crippen molar-refractivity contribution in [3.63, 3.8) is 0 Å². The van der Waals surface area contributed by atoms with Crippen LogP contribution in [0, 0.1) is 11.6 Å². The van der Waals surface area contributed by atoms with Crippen LogP contribution in [0.4, 0.5) is 8.78 Å². The van der Waals surface area contributed by atoms with E-state index >= 15 is 0 Å². The van der Waals surface area contributed by atoms with E-state index in [9.17, 15) is 8.78 Å². The number of hydrogen-bond acceptors (Lipinski definition) is 1. The molecule has 0 spiro atoms. The molecule has 100 valence electrons. The zero-order chi connectivity index (χ0) is 14.0. The molecule has 0 aliphatic rings. The smallest absolute Gasteiger partial charge is 0.162 e. The van der Waals surface area contributed by atoms with Gasteiger partial charge >= 0.3 is 0 Å². The van der Waals surface area contributed by atoms with E-state index in [0.717, 1.165) is 20.6 Å². The van der Waals surface area contributed by atoms with Gasteiger partial charge in [-0.15, -0.1) is 0 Å². The van der Waals surface area contributed by atoms with Crippen LogP contribution in [0.5, 0.6) is 0 Å². The van der Waals surface area contributed by atoms with E-state index in [1.54, 1.807) is 6.07 Å². The largest absolute Gasteiger partial charge is 0.324 e. The third-order valence-electron chi connectivity index (χ3n) is 2.78. The molecular formula is C14H11Br2F2N. The predicted octanol–water partition coefficient (Wildman–Crippen LogP) is 4.73. The third kappa shape index (κ3) is 3.61. The average Bonchev–Trinajstić information content (AvgIpc) is 2.33. The van der Waals surface area contributed by atoms with Crippen molar-refractivity contribution < 1.29 is 8.78 Å². The summed E-state index contributed by atoms with van der Waals surface area (Å²) in [6.07, 6.45) is 0.243. The van der Waals surface area contributed by atoms with E-state index in [0.29, 0.717) is 0 Å². The summed E-state index contributed by atoms with van der Waals surface area (Å²) in [6.45, 7) is 0. The first-order chi connectivity index (χ1) is 8.97. The van der Waals surface area contributed by atoms with Crippen LogP contribution < -0.4 is 5.73 Å². The molecule has 2 aromatic rings. The number of nitrogens with two attached hydrogens (primary N) is 1. The third-order valence-corrected chi connectivity index (χ3v) is 3.70. The van der Waals surface area contributed by atoms with Gasteiger partial charge < -0.3 is 5.73 Å². The highest BCUT2D eigenvalue weighted by molar-refractivity contribution is 9.11. The fourth-order valence-electron chi connectivity index (χ4n) is 1.85. The summed E-state index contributed by atoms with van der Waals surface area (Å²) in [5.41, 5.74) is 7.19. The molecule has 2 rings (SSSR count). The monoisotopic (exact) mass is 389 g/mol. The van der Waals surface area contributed by atoms with Crippen molar-refractivity contribution in [2.75, 3.05) is 0 Å². The predicted molar refractivity (Wildman–Crippen MR) is 78.8 cm³/mol. The van der Waals surface area contributed by atoms with Crippen LogP contribution >= 0.6 is 31.9 Å². The molecule has 0 heterocycles. The van der Waals surface area contributed by atoms with Crippen molar-refractivity contribution in [2.24, 2.45) is 5.73 Å². The molecular weight excluding hydrogens is 380 g/mol. The lowest BCUT2D eigenvalue weighted by Gasteiger charge is -2.14. The second kappa shape index (κ2) is 6.11. The number of rotatable bonds is 3. The van der Waals surface area contributed by atoms with Crippen LogP contribution in [0.15, 0.2) is 45.3 Å². The maximum absolute atomic E-state index is 13.6. The molecule has 0 fully saturated rings. The fourth-order valence-corrected chi connectivity index (χ4v) is 3.18. The molecule has 1 unspecified atom stereocenters. The summed E-state index contributed by atoms with van der Waals surface area (Å²) in [4.78, 5) is 0. The molecule has 5 heteroatoms. The van der Waals surface area contributed by atoms with Crippen molar-refractivity contribution in [2.45, 2.75) is 12.5 Å². The Kier molecular flexibility index (Phi) is 4.71. The van der Waals surface area contributed by atoms with Gasteiger partial charge in [0.2, 0.25) is 0 Å². The summed E-state index contributed by atoms with van der Waals surface area (Å²) in [7, 11) is 0. The van der Waals surface area contributed by atoms with Crippen LogP contribution in [0.3, 0.4) is 0 Å². The second-order valence-corrected chi connectivity index (χ2v) is 6.06. The Morgan fingerprint density at radius 2 is 1.68 bits per heavy atom. The Morgan fingerprint density at radius 3 is 2.32 bits per heavy atom. The highest BCUT2D eigenvalue weighted by Gasteiger charge is 2.13. The lowest BCUT2D eigenvalue weighted by atomic mass is 9.99. The SMILES string of the molecule is NC(Cc1cccc(F)c1F)c1cc(Br)cc(Br)c1. The van der Waals surface area contributed by atoms with Gasteiger partial charge in [0, 0.05) is 15.0 Å². The zero-order valence-corrected chi connectivity index (χ0v) is 13.0. The van der Waals surface area contributed by atoms with Crippen LogP contribution in [0.25, 0.3) is 0 Å². The van der Waals surface area contributed by atoms with Gasteiger partial charge in [-0.2, -0.15) is 0 Å². The molecule has 0 aliphatic heterocycles. The topological polar surface area (TPSA) is 26.0 Å². The number of benzene rings is 2. The lowest BCUT2D eigenvalue weighted by molar-refractivity contribution is 0.494. The summed E-state index contributed by atoms with van der Waals surface area (Å²) < 4.78 is 28.5. The fraction of sp³-hybridized carbons (Fsp3) is 0.143. The molecule has 0 aliphatic carbocycles. The molecule has 0 bridgehead atoms. The number of hydrogen-bond donors (Lipinski definition) is 1. The van der Waals surface area contributed by atoms with Crippen LogP contribution in [0.1, 0.15) is 17.2 Å². The molecule has 1 nitrogen and oxygen atoms in total. The normalized spacial score (nSPS) is 12.5. The van der Waals surface area contributed by atoms with Gasteiger partial charge in [-0.05, 0) is 41.8 Å². The molecule has 0 radical (unpaired) electrons. The summed E-state index contributed by atoms with van der Waals surface area (Å²) >= 11 is 6.75. The van der Waals surface area contributed by atoms with Gasteiger partial charge in [0.25, 0.3) is 0 Å².